The molecule has 2 saturated carbocycles. The zero-order valence-electron chi connectivity index (χ0n) is 27.4. The van der Waals surface area contributed by atoms with E-state index in [1.54, 1.807) is 6.08 Å². The van der Waals surface area contributed by atoms with Gasteiger partial charge in [-0.25, -0.2) is 0 Å². The molecular weight excluding hydrogens is 613 g/mol. The van der Waals surface area contributed by atoms with E-state index < -0.39 is 41.4 Å². The second-order valence-electron chi connectivity index (χ2n) is 15.4. The Labute approximate surface area is 274 Å². The number of allylic oxidation sites excluding steroid dienone is 4. The number of likely N-dealkylation sites (tertiary alicyclic amines) is 1. The number of rotatable bonds is 7. The SMILES string of the molecule is CC12CC(c3ccc(CN4CCN(CCN5CCCC5)CC4)cc3)C3=C4CCC(=O)C=C4CCC3C1CCC2(O)C(F)(F)C(F)(F)F. The maximum atomic E-state index is 15.3. The number of hydrogen-bond acceptors (Lipinski definition) is 5. The molecule has 1 aromatic carbocycles. The Morgan fingerprint density at radius 2 is 1.49 bits per heavy atom. The third-order valence-corrected chi connectivity index (χ3v) is 12.9. The van der Waals surface area contributed by atoms with Gasteiger partial charge in [-0.15, -0.1) is 0 Å². The number of aliphatic hydroxyl groups is 1. The van der Waals surface area contributed by atoms with Crippen LogP contribution in [-0.2, 0) is 11.3 Å². The van der Waals surface area contributed by atoms with E-state index in [-0.39, 0.29) is 24.5 Å². The van der Waals surface area contributed by atoms with Crippen LogP contribution in [0.1, 0.15) is 81.8 Å². The van der Waals surface area contributed by atoms with E-state index in [0.717, 1.165) is 73.7 Å². The second kappa shape index (κ2) is 12.3. The van der Waals surface area contributed by atoms with Crippen LogP contribution < -0.4 is 0 Å². The number of piperazine rings is 1. The Balaban J connectivity index is 1.13. The minimum atomic E-state index is -5.85. The van der Waals surface area contributed by atoms with E-state index in [2.05, 4.69) is 26.8 Å². The van der Waals surface area contributed by atoms with Crippen LogP contribution in [0.4, 0.5) is 22.0 Å². The van der Waals surface area contributed by atoms with Gasteiger partial charge in [0.15, 0.2) is 5.78 Å². The van der Waals surface area contributed by atoms with Gasteiger partial charge < -0.3 is 10.0 Å². The standard InChI is InChI=1S/C37H48F5N3O2/c1-34-23-31(26-6-4-25(5-7-26)24-45-20-18-44(19-21-45)17-16-43-14-2-3-15-43)33-29-11-9-28(46)22-27(29)8-10-30(33)32(34)12-13-35(34,47)36(38,39)37(40,41)42/h4-7,22,30-32,47H,2-3,8-21,23-24H2,1H3. The summed E-state index contributed by atoms with van der Waals surface area (Å²) in [7, 11) is 0. The molecule has 5 atom stereocenters. The fraction of sp³-hybridized carbons (Fsp3) is 0.703. The number of carbonyl (C=O) groups excluding carboxylic acids is 1. The zero-order valence-corrected chi connectivity index (χ0v) is 27.4. The highest BCUT2D eigenvalue weighted by Crippen LogP contribution is 2.70. The molecule has 47 heavy (non-hydrogen) atoms. The Hall–Kier alpha value is -2.14. The first-order valence-corrected chi connectivity index (χ1v) is 17.7. The lowest BCUT2D eigenvalue weighted by molar-refractivity contribution is -0.362. The van der Waals surface area contributed by atoms with Crippen molar-refractivity contribution in [1.82, 2.24) is 14.7 Å². The van der Waals surface area contributed by atoms with Crippen molar-refractivity contribution < 1.29 is 31.9 Å². The van der Waals surface area contributed by atoms with Crippen LogP contribution >= 0.6 is 0 Å². The van der Waals surface area contributed by atoms with Gasteiger partial charge in [0.2, 0.25) is 0 Å². The maximum absolute atomic E-state index is 15.3. The van der Waals surface area contributed by atoms with Crippen molar-refractivity contribution >= 4 is 5.78 Å². The Morgan fingerprint density at radius 3 is 2.15 bits per heavy atom. The molecule has 5 nitrogen and oxygen atoms in total. The van der Waals surface area contributed by atoms with Crippen LogP contribution in [0.25, 0.3) is 0 Å². The summed E-state index contributed by atoms with van der Waals surface area (Å²) in [5, 5.41) is 11.5. The highest BCUT2D eigenvalue weighted by atomic mass is 19.4. The first kappa shape index (κ1) is 33.4. The predicted octanol–water partition coefficient (Wildman–Crippen LogP) is 6.73. The third-order valence-electron chi connectivity index (χ3n) is 12.9. The minimum Gasteiger partial charge on any atom is -0.383 e. The number of nitrogens with zero attached hydrogens (tertiary/aromatic N) is 3. The molecule has 0 amide bonds. The molecule has 2 saturated heterocycles. The van der Waals surface area contributed by atoms with Crippen molar-refractivity contribution in [2.45, 2.75) is 94.9 Å². The van der Waals surface area contributed by atoms with Crippen LogP contribution in [0, 0.1) is 17.3 Å². The van der Waals surface area contributed by atoms with Gasteiger partial charge in [-0.05, 0) is 105 Å². The molecule has 7 rings (SSSR count). The monoisotopic (exact) mass is 661 g/mol. The molecular formula is C37H48F5N3O2. The van der Waals surface area contributed by atoms with Crippen LogP contribution in [0.15, 0.2) is 47.1 Å². The van der Waals surface area contributed by atoms with Gasteiger partial charge in [-0.2, -0.15) is 22.0 Å². The molecule has 4 aliphatic carbocycles. The molecule has 4 fully saturated rings. The molecule has 0 spiro atoms. The highest BCUT2D eigenvalue weighted by molar-refractivity contribution is 5.93. The van der Waals surface area contributed by atoms with Crippen molar-refractivity contribution in [3.05, 3.63) is 58.2 Å². The number of hydrogen-bond donors (Lipinski definition) is 1. The molecule has 2 aliphatic heterocycles. The molecule has 2 heterocycles. The summed E-state index contributed by atoms with van der Waals surface area (Å²) >= 11 is 0. The Bertz CT molecular complexity index is 1410. The molecule has 1 aromatic rings. The Kier molecular flexibility index (Phi) is 8.75. The number of benzene rings is 1. The van der Waals surface area contributed by atoms with Crippen molar-refractivity contribution in [3.8, 4) is 0 Å². The van der Waals surface area contributed by atoms with Gasteiger partial charge in [0.1, 0.15) is 5.60 Å². The van der Waals surface area contributed by atoms with Crippen molar-refractivity contribution in [2.24, 2.45) is 17.3 Å². The quantitative estimate of drug-likeness (QED) is 0.329. The lowest BCUT2D eigenvalue weighted by Gasteiger charge is -2.56. The van der Waals surface area contributed by atoms with E-state index in [4.69, 9.17) is 0 Å². The van der Waals surface area contributed by atoms with Gasteiger partial charge in [-0.3, -0.25) is 14.6 Å². The van der Waals surface area contributed by atoms with Gasteiger partial charge in [0.05, 0.1) is 0 Å². The zero-order chi connectivity index (χ0) is 33.2. The van der Waals surface area contributed by atoms with Crippen LogP contribution in [0.2, 0.25) is 0 Å². The molecule has 5 unspecified atom stereocenters. The maximum Gasteiger partial charge on any atom is 0.456 e. The number of fused-ring (bicyclic) bond motifs is 4. The molecule has 0 aromatic heterocycles. The predicted molar refractivity (Wildman–Crippen MR) is 170 cm³/mol. The molecule has 258 valence electrons. The van der Waals surface area contributed by atoms with E-state index in [1.165, 1.54) is 32.9 Å². The molecule has 6 aliphatic rings. The van der Waals surface area contributed by atoms with Crippen LogP contribution in [0.5, 0.6) is 0 Å². The molecule has 0 bridgehead atoms. The lowest BCUT2D eigenvalue weighted by atomic mass is 9.50. The van der Waals surface area contributed by atoms with Crippen LogP contribution in [0.3, 0.4) is 0 Å². The normalized spacial score (nSPS) is 34.3. The van der Waals surface area contributed by atoms with E-state index >= 15 is 8.78 Å². The van der Waals surface area contributed by atoms with Gasteiger partial charge in [-0.1, -0.05) is 36.8 Å². The Morgan fingerprint density at radius 1 is 0.851 bits per heavy atom. The topological polar surface area (TPSA) is 47.0 Å². The van der Waals surface area contributed by atoms with E-state index in [9.17, 15) is 23.1 Å². The summed E-state index contributed by atoms with van der Waals surface area (Å²) in [5.74, 6) is -6.25. The lowest BCUT2D eigenvalue weighted by Crippen LogP contribution is -2.65. The second-order valence-corrected chi connectivity index (χ2v) is 15.4. The third kappa shape index (κ3) is 5.73. The number of ketones is 1. The first-order valence-electron chi connectivity index (χ1n) is 17.7. The van der Waals surface area contributed by atoms with Gasteiger partial charge >= 0.3 is 12.1 Å². The average molecular weight is 662 g/mol. The van der Waals surface area contributed by atoms with Gasteiger partial charge in [0.25, 0.3) is 0 Å². The van der Waals surface area contributed by atoms with Crippen molar-refractivity contribution in [2.75, 3.05) is 52.4 Å². The van der Waals surface area contributed by atoms with E-state index in [0.29, 0.717) is 25.7 Å². The summed E-state index contributed by atoms with van der Waals surface area (Å²) < 4.78 is 72.1. The molecule has 10 heteroatoms. The first-order chi connectivity index (χ1) is 22.3. The smallest absolute Gasteiger partial charge is 0.383 e. The summed E-state index contributed by atoms with van der Waals surface area (Å²) in [6.07, 6.45) is 0.168. The minimum absolute atomic E-state index is 0.00906. The molecule has 0 radical (unpaired) electrons. The summed E-state index contributed by atoms with van der Waals surface area (Å²) in [6.45, 7) is 11.0. The largest absolute Gasteiger partial charge is 0.456 e. The summed E-state index contributed by atoms with van der Waals surface area (Å²) in [6, 6.07) is 8.17. The van der Waals surface area contributed by atoms with Crippen molar-refractivity contribution in [3.63, 3.8) is 0 Å². The van der Waals surface area contributed by atoms with E-state index in [1.807, 2.05) is 12.1 Å². The molecule has 1 N–H and O–H groups in total. The van der Waals surface area contributed by atoms with Crippen molar-refractivity contribution in [1.29, 1.82) is 0 Å². The summed E-state index contributed by atoms with van der Waals surface area (Å²) in [4.78, 5) is 19.9. The van der Waals surface area contributed by atoms with Crippen LogP contribution in [-0.4, -0.2) is 95.6 Å². The number of carbonyl (C=O) groups is 1. The number of alkyl halides is 5. The fourth-order valence-corrected chi connectivity index (χ4v) is 10.3. The fourth-order valence-electron chi connectivity index (χ4n) is 10.3. The average Bonchev–Trinajstić information content (AvgIpc) is 3.66. The van der Waals surface area contributed by atoms with Gasteiger partial charge in [0, 0.05) is 63.6 Å². The number of halogens is 5. The summed E-state index contributed by atoms with van der Waals surface area (Å²) in [5.41, 5.74) is 0.396. The highest BCUT2D eigenvalue weighted by Gasteiger charge is 2.79.